The molecule has 4 heterocycles. The highest BCUT2D eigenvalue weighted by Gasteiger charge is 2.18. The first-order valence-electron chi connectivity index (χ1n) is 8.71. The number of nitrogens with zero attached hydrogens (tertiary/aromatic N) is 4. The summed E-state index contributed by atoms with van der Waals surface area (Å²) in [4.78, 5) is 13.7. The van der Waals surface area contributed by atoms with Gasteiger partial charge in [0.25, 0.3) is 0 Å². The van der Waals surface area contributed by atoms with Crippen molar-refractivity contribution in [1.29, 1.82) is 0 Å². The van der Waals surface area contributed by atoms with Crippen LogP contribution in [0.5, 0.6) is 11.5 Å². The minimum Gasteiger partial charge on any atom is -0.454 e. The number of benzene rings is 1. The summed E-state index contributed by atoms with van der Waals surface area (Å²) in [7, 11) is 0. The van der Waals surface area contributed by atoms with E-state index in [-0.39, 0.29) is 0 Å². The summed E-state index contributed by atoms with van der Waals surface area (Å²) < 4.78 is 13.0. The fourth-order valence-electron chi connectivity index (χ4n) is 3.50. The van der Waals surface area contributed by atoms with Gasteiger partial charge in [-0.3, -0.25) is 0 Å². The standard InChI is InChI=1S/C18H19N5O2/c1-2-4-15-22-16-17(20-10-21-18(16)23(15)7-3-1)19-9-12-5-6-13-14(8-12)25-11-24-13/h5-6,8,10H,1-4,7,9,11H2,(H,19,20,21). The molecule has 0 unspecified atom stereocenters. The molecule has 1 N–H and O–H groups in total. The third-order valence-corrected chi connectivity index (χ3v) is 4.79. The van der Waals surface area contributed by atoms with E-state index in [2.05, 4.69) is 19.9 Å². The Morgan fingerprint density at radius 1 is 1.08 bits per heavy atom. The summed E-state index contributed by atoms with van der Waals surface area (Å²) >= 11 is 0. The lowest BCUT2D eigenvalue weighted by molar-refractivity contribution is 0.174. The summed E-state index contributed by atoms with van der Waals surface area (Å²) in [5, 5.41) is 3.40. The van der Waals surface area contributed by atoms with Crippen LogP contribution in [-0.2, 0) is 19.5 Å². The molecule has 7 nitrogen and oxygen atoms in total. The number of fused-ring (bicyclic) bond motifs is 4. The lowest BCUT2D eigenvalue weighted by atomic mass is 10.2. The van der Waals surface area contributed by atoms with Crippen molar-refractivity contribution in [2.45, 2.75) is 38.8 Å². The fraction of sp³-hybridized carbons (Fsp3) is 0.389. The van der Waals surface area contributed by atoms with Gasteiger partial charge in [-0.15, -0.1) is 0 Å². The zero-order valence-corrected chi connectivity index (χ0v) is 13.9. The molecule has 0 spiro atoms. The lowest BCUT2D eigenvalue weighted by Crippen LogP contribution is -2.04. The molecule has 0 bridgehead atoms. The van der Waals surface area contributed by atoms with E-state index in [0.717, 1.165) is 52.8 Å². The summed E-state index contributed by atoms with van der Waals surface area (Å²) in [5.41, 5.74) is 2.90. The molecule has 0 saturated carbocycles. The van der Waals surface area contributed by atoms with E-state index in [0.29, 0.717) is 13.3 Å². The van der Waals surface area contributed by atoms with Crippen LogP contribution in [-0.4, -0.2) is 26.3 Å². The van der Waals surface area contributed by atoms with E-state index < -0.39 is 0 Å². The highest BCUT2D eigenvalue weighted by atomic mass is 16.7. The Morgan fingerprint density at radius 3 is 3.04 bits per heavy atom. The largest absolute Gasteiger partial charge is 0.454 e. The van der Waals surface area contributed by atoms with Crippen molar-refractivity contribution in [3.8, 4) is 11.5 Å². The molecule has 2 aliphatic rings. The Bertz CT molecular complexity index is 937. The third kappa shape index (κ3) is 2.56. The van der Waals surface area contributed by atoms with E-state index in [1.165, 1.54) is 19.3 Å². The Labute approximate surface area is 145 Å². The minimum atomic E-state index is 0.291. The monoisotopic (exact) mass is 337 g/mol. The molecule has 0 radical (unpaired) electrons. The zero-order chi connectivity index (χ0) is 16.6. The molecule has 25 heavy (non-hydrogen) atoms. The Hall–Kier alpha value is -2.83. The van der Waals surface area contributed by atoms with Crippen molar-refractivity contribution in [3.05, 3.63) is 35.9 Å². The highest BCUT2D eigenvalue weighted by Crippen LogP contribution is 2.33. The second-order valence-corrected chi connectivity index (χ2v) is 6.43. The summed E-state index contributed by atoms with van der Waals surface area (Å²) in [6.07, 6.45) is 6.26. The molecule has 0 saturated heterocycles. The van der Waals surface area contributed by atoms with Crippen molar-refractivity contribution in [1.82, 2.24) is 19.5 Å². The number of aryl methyl sites for hydroxylation is 2. The van der Waals surface area contributed by atoms with Gasteiger partial charge in [-0.2, -0.15) is 0 Å². The molecule has 0 amide bonds. The van der Waals surface area contributed by atoms with Gasteiger partial charge in [0.05, 0.1) is 0 Å². The van der Waals surface area contributed by atoms with Gasteiger partial charge in [-0.1, -0.05) is 12.5 Å². The summed E-state index contributed by atoms with van der Waals surface area (Å²) in [5.74, 6) is 3.49. The number of ether oxygens (including phenoxy) is 2. The maximum Gasteiger partial charge on any atom is 0.231 e. The first-order valence-corrected chi connectivity index (χ1v) is 8.71. The molecular formula is C18H19N5O2. The van der Waals surface area contributed by atoms with Gasteiger partial charge >= 0.3 is 0 Å². The quantitative estimate of drug-likeness (QED) is 0.792. The van der Waals surface area contributed by atoms with Gasteiger partial charge in [0.1, 0.15) is 12.2 Å². The van der Waals surface area contributed by atoms with Gasteiger partial charge < -0.3 is 19.4 Å². The van der Waals surface area contributed by atoms with E-state index in [4.69, 9.17) is 14.5 Å². The molecule has 7 heteroatoms. The normalized spacial score (nSPS) is 15.8. The van der Waals surface area contributed by atoms with Gasteiger partial charge in [0.15, 0.2) is 28.5 Å². The maximum absolute atomic E-state index is 5.44. The van der Waals surface area contributed by atoms with E-state index in [1.54, 1.807) is 6.33 Å². The molecule has 128 valence electrons. The predicted octanol–water partition coefficient (Wildman–Crippen LogP) is 2.89. The van der Waals surface area contributed by atoms with Crippen molar-refractivity contribution in [2.75, 3.05) is 12.1 Å². The van der Waals surface area contributed by atoms with Gasteiger partial charge in [0, 0.05) is 19.5 Å². The number of aromatic nitrogens is 4. The molecule has 0 aliphatic carbocycles. The second-order valence-electron chi connectivity index (χ2n) is 6.43. The summed E-state index contributed by atoms with van der Waals surface area (Å²) in [6, 6.07) is 5.96. The molecule has 0 fully saturated rings. The van der Waals surface area contributed by atoms with E-state index in [1.807, 2.05) is 18.2 Å². The predicted molar refractivity (Wildman–Crippen MR) is 92.8 cm³/mol. The Morgan fingerprint density at radius 2 is 2.04 bits per heavy atom. The van der Waals surface area contributed by atoms with E-state index in [9.17, 15) is 0 Å². The number of rotatable bonds is 3. The molecule has 1 aromatic carbocycles. The van der Waals surface area contributed by atoms with Gasteiger partial charge in [-0.05, 0) is 30.5 Å². The van der Waals surface area contributed by atoms with Crippen LogP contribution in [0.3, 0.4) is 0 Å². The zero-order valence-electron chi connectivity index (χ0n) is 13.9. The Kier molecular flexibility index (Phi) is 3.43. The topological polar surface area (TPSA) is 74.1 Å². The van der Waals surface area contributed by atoms with Crippen molar-refractivity contribution >= 4 is 17.0 Å². The first-order chi connectivity index (χ1) is 12.4. The number of hydrogen-bond donors (Lipinski definition) is 1. The number of nitrogens with one attached hydrogen (secondary N) is 1. The maximum atomic E-state index is 5.44. The van der Waals surface area contributed by atoms with Crippen LogP contribution in [0.1, 0.15) is 30.7 Å². The molecule has 3 aromatic rings. The van der Waals surface area contributed by atoms with Crippen molar-refractivity contribution < 1.29 is 9.47 Å². The van der Waals surface area contributed by atoms with Gasteiger partial charge in [-0.25, -0.2) is 15.0 Å². The smallest absolute Gasteiger partial charge is 0.231 e. The van der Waals surface area contributed by atoms with Crippen LogP contribution < -0.4 is 14.8 Å². The first kappa shape index (κ1) is 14.5. The molecule has 2 aliphatic heterocycles. The summed E-state index contributed by atoms with van der Waals surface area (Å²) in [6.45, 7) is 1.92. The third-order valence-electron chi connectivity index (χ3n) is 4.79. The highest BCUT2D eigenvalue weighted by molar-refractivity contribution is 5.83. The average Bonchev–Trinajstić information content (AvgIpc) is 3.17. The van der Waals surface area contributed by atoms with Crippen LogP contribution in [0.15, 0.2) is 24.5 Å². The number of hydrogen-bond acceptors (Lipinski definition) is 6. The van der Waals surface area contributed by atoms with Crippen molar-refractivity contribution in [2.24, 2.45) is 0 Å². The van der Waals surface area contributed by atoms with Crippen LogP contribution in [0.4, 0.5) is 5.82 Å². The molecule has 0 atom stereocenters. The van der Waals surface area contributed by atoms with Crippen molar-refractivity contribution in [3.63, 3.8) is 0 Å². The van der Waals surface area contributed by atoms with Crippen LogP contribution in [0, 0.1) is 0 Å². The SMILES string of the molecule is c1nc(NCc2ccc3c(c2)OCO3)c2nc3n(c2n1)CCCCC3. The van der Waals surface area contributed by atoms with Gasteiger partial charge in [0.2, 0.25) is 6.79 Å². The second kappa shape index (κ2) is 5.91. The number of anilines is 1. The molecule has 2 aromatic heterocycles. The fourth-order valence-corrected chi connectivity index (χ4v) is 3.50. The van der Waals surface area contributed by atoms with E-state index >= 15 is 0 Å². The Balaban J connectivity index is 1.43. The molecule has 5 rings (SSSR count). The average molecular weight is 337 g/mol. The lowest BCUT2D eigenvalue weighted by Gasteiger charge is -2.07. The number of imidazole rings is 1. The van der Waals surface area contributed by atoms with Crippen LogP contribution in [0.2, 0.25) is 0 Å². The van der Waals surface area contributed by atoms with Crippen LogP contribution >= 0.6 is 0 Å². The van der Waals surface area contributed by atoms with Crippen LogP contribution in [0.25, 0.3) is 11.2 Å². The molecular weight excluding hydrogens is 318 g/mol. The minimum absolute atomic E-state index is 0.291.